The number of anilines is 1. The molecule has 0 radical (unpaired) electrons. The molecule has 5 heteroatoms. The zero-order valence-corrected chi connectivity index (χ0v) is 15.6. The third kappa shape index (κ3) is 3.84. The van der Waals surface area contributed by atoms with Crippen molar-refractivity contribution >= 4 is 11.6 Å². The van der Waals surface area contributed by atoms with E-state index in [-0.39, 0.29) is 12.0 Å². The lowest BCUT2D eigenvalue weighted by atomic mass is 10.1. The Balaban J connectivity index is 1.51. The van der Waals surface area contributed by atoms with Gasteiger partial charge in [0, 0.05) is 31.0 Å². The highest BCUT2D eigenvalue weighted by atomic mass is 16.5. The van der Waals surface area contributed by atoms with E-state index in [0.717, 1.165) is 55.0 Å². The molecule has 1 amide bonds. The van der Waals surface area contributed by atoms with Crippen LogP contribution >= 0.6 is 0 Å². The van der Waals surface area contributed by atoms with E-state index in [1.807, 2.05) is 47.4 Å². The first-order chi connectivity index (χ1) is 13.3. The number of hydrogen-bond acceptors (Lipinski definition) is 4. The van der Waals surface area contributed by atoms with Gasteiger partial charge in [0.25, 0.3) is 5.91 Å². The molecule has 0 aromatic heterocycles. The summed E-state index contributed by atoms with van der Waals surface area (Å²) in [6, 6.07) is 13.6. The molecule has 0 bridgehead atoms. The van der Waals surface area contributed by atoms with E-state index in [0.29, 0.717) is 18.7 Å². The van der Waals surface area contributed by atoms with Crippen molar-refractivity contribution < 1.29 is 19.0 Å². The standard InChI is InChI=1S/C22H25NO4/c1-25-19-6-7-21-16(14-19)8-11-23(21)22(24)20-5-3-2-4-17(20)15-27-18-9-12-26-13-10-18/h2-7,14,18H,8-13,15H2,1H3. The average molecular weight is 367 g/mol. The van der Waals surface area contributed by atoms with Gasteiger partial charge in [0.1, 0.15) is 5.75 Å². The minimum Gasteiger partial charge on any atom is -0.497 e. The molecule has 0 N–H and O–H groups in total. The van der Waals surface area contributed by atoms with Gasteiger partial charge in [-0.1, -0.05) is 18.2 Å². The maximum atomic E-state index is 13.3. The van der Waals surface area contributed by atoms with E-state index in [1.54, 1.807) is 7.11 Å². The van der Waals surface area contributed by atoms with Crippen molar-refractivity contribution in [3.8, 4) is 5.75 Å². The molecular weight excluding hydrogens is 342 g/mol. The minimum atomic E-state index is 0.0325. The lowest BCUT2D eigenvalue weighted by Crippen LogP contribution is -2.30. The number of ether oxygens (including phenoxy) is 3. The van der Waals surface area contributed by atoms with Gasteiger partial charge in [0.05, 0.1) is 19.8 Å². The lowest BCUT2D eigenvalue weighted by Gasteiger charge is -2.23. The Morgan fingerprint density at radius 2 is 2.00 bits per heavy atom. The second kappa shape index (κ2) is 8.11. The van der Waals surface area contributed by atoms with Crippen molar-refractivity contribution in [1.82, 2.24) is 0 Å². The Labute approximate surface area is 159 Å². The van der Waals surface area contributed by atoms with Crippen molar-refractivity contribution in [2.24, 2.45) is 0 Å². The van der Waals surface area contributed by atoms with Crippen LogP contribution in [-0.2, 0) is 22.5 Å². The Bertz CT molecular complexity index is 814. The number of rotatable bonds is 5. The molecule has 142 valence electrons. The molecule has 2 aromatic rings. The van der Waals surface area contributed by atoms with Crippen LogP contribution in [0.1, 0.15) is 34.3 Å². The van der Waals surface area contributed by atoms with E-state index < -0.39 is 0 Å². The summed E-state index contributed by atoms with van der Waals surface area (Å²) in [5, 5.41) is 0. The van der Waals surface area contributed by atoms with Gasteiger partial charge in [0.2, 0.25) is 0 Å². The van der Waals surface area contributed by atoms with Crippen molar-refractivity contribution in [2.45, 2.75) is 32.0 Å². The van der Waals surface area contributed by atoms with Crippen molar-refractivity contribution in [1.29, 1.82) is 0 Å². The summed E-state index contributed by atoms with van der Waals surface area (Å²) < 4.78 is 16.7. The summed E-state index contributed by atoms with van der Waals surface area (Å²) in [5.41, 5.74) is 3.78. The summed E-state index contributed by atoms with van der Waals surface area (Å²) in [4.78, 5) is 15.1. The van der Waals surface area contributed by atoms with Gasteiger partial charge in [-0.2, -0.15) is 0 Å². The normalized spacial score (nSPS) is 17.0. The zero-order chi connectivity index (χ0) is 18.6. The number of nitrogens with zero attached hydrogens (tertiary/aromatic N) is 1. The van der Waals surface area contributed by atoms with Crippen LogP contribution in [0, 0.1) is 0 Å². The molecule has 0 unspecified atom stereocenters. The smallest absolute Gasteiger partial charge is 0.258 e. The summed E-state index contributed by atoms with van der Waals surface area (Å²) in [6.45, 7) is 2.64. The molecule has 1 fully saturated rings. The number of benzene rings is 2. The van der Waals surface area contributed by atoms with E-state index >= 15 is 0 Å². The van der Waals surface area contributed by atoms with E-state index in [4.69, 9.17) is 14.2 Å². The van der Waals surface area contributed by atoms with Gasteiger partial charge in [-0.25, -0.2) is 0 Å². The lowest BCUT2D eigenvalue weighted by molar-refractivity contribution is -0.0391. The van der Waals surface area contributed by atoms with Crippen molar-refractivity contribution in [3.05, 3.63) is 59.2 Å². The van der Waals surface area contributed by atoms with Crippen LogP contribution in [0.25, 0.3) is 0 Å². The third-order valence-electron chi connectivity index (χ3n) is 5.32. The first-order valence-electron chi connectivity index (χ1n) is 9.52. The molecule has 5 nitrogen and oxygen atoms in total. The van der Waals surface area contributed by atoms with Gasteiger partial charge in [-0.05, 0) is 54.7 Å². The quantitative estimate of drug-likeness (QED) is 0.810. The van der Waals surface area contributed by atoms with E-state index in [2.05, 4.69) is 0 Å². The molecule has 4 rings (SSSR count). The maximum Gasteiger partial charge on any atom is 0.258 e. The number of carbonyl (C=O) groups is 1. The summed E-state index contributed by atoms with van der Waals surface area (Å²) >= 11 is 0. The zero-order valence-electron chi connectivity index (χ0n) is 15.6. The molecule has 0 saturated carbocycles. The first kappa shape index (κ1) is 18.0. The highest BCUT2D eigenvalue weighted by molar-refractivity contribution is 6.08. The SMILES string of the molecule is COc1ccc2c(c1)CCN2C(=O)c1ccccc1COC1CCOCC1. The predicted molar refractivity (Wildman–Crippen MR) is 103 cm³/mol. The Hall–Kier alpha value is -2.37. The number of carbonyl (C=O) groups excluding carboxylic acids is 1. The Kier molecular flexibility index (Phi) is 5.41. The fourth-order valence-corrected chi connectivity index (χ4v) is 3.77. The van der Waals surface area contributed by atoms with Crippen molar-refractivity contribution in [2.75, 3.05) is 31.8 Å². The fraction of sp³-hybridized carbons (Fsp3) is 0.409. The molecule has 1 saturated heterocycles. The Morgan fingerprint density at radius 3 is 2.81 bits per heavy atom. The molecular formula is C22H25NO4. The molecule has 2 aliphatic rings. The molecule has 2 aliphatic heterocycles. The average Bonchev–Trinajstić information content (AvgIpc) is 3.16. The van der Waals surface area contributed by atoms with Crippen LogP contribution in [0.2, 0.25) is 0 Å². The highest BCUT2D eigenvalue weighted by Crippen LogP contribution is 2.32. The summed E-state index contributed by atoms with van der Waals surface area (Å²) in [5.74, 6) is 0.860. The second-order valence-corrected chi connectivity index (χ2v) is 6.98. The molecule has 0 spiro atoms. The molecule has 0 aliphatic carbocycles. The predicted octanol–water partition coefficient (Wildman–Crippen LogP) is 3.59. The van der Waals surface area contributed by atoms with Gasteiger partial charge < -0.3 is 19.1 Å². The molecule has 2 aromatic carbocycles. The van der Waals surface area contributed by atoms with Crippen LogP contribution in [-0.4, -0.2) is 38.9 Å². The van der Waals surface area contributed by atoms with Crippen molar-refractivity contribution in [3.63, 3.8) is 0 Å². The Morgan fingerprint density at radius 1 is 1.19 bits per heavy atom. The largest absolute Gasteiger partial charge is 0.497 e. The fourth-order valence-electron chi connectivity index (χ4n) is 3.77. The van der Waals surface area contributed by atoms with Gasteiger partial charge in [-0.15, -0.1) is 0 Å². The number of hydrogen-bond donors (Lipinski definition) is 0. The second-order valence-electron chi connectivity index (χ2n) is 6.98. The monoisotopic (exact) mass is 367 g/mol. The molecule has 27 heavy (non-hydrogen) atoms. The summed E-state index contributed by atoms with van der Waals surface area (Å²) in [6.07, 6.45) is 2.88. The third-order valence-corrected chi connectivity index (χ3v) is 5.32. The molecule has 2 heterocycles. The number of amides is 1. The number of methoxy groups -OCH3 is 1. The van der Waals surface area contributed by atoms with Crippen LogP contribution in [0.15, 0.2) is 42.5 Å². The van der Waals surface area contributed by atoms with E-state index in [9.17, 15) is 4.79 Å². The van der Waals surface area contributed by atoms with Gasteiger partial charge >= 0.3 is 0 Å². The van der Waals surface area contributed by atoms with Gasteiger partial charge in [-0.3, -0.25) is 4.79 Å². The maximum absolute atomic E-state index is 13.3. The topological polar surface area (TPSA) is 48.0 Å². The number of fused-ring (bicyclic) bond motifs is 1. The van der Waals surface area contributed by atoms with E-state index in [1.165, 1.54) is 0 Å². The van der Waals surface area contributed by atoms with Crippen LogP contribution in [0.4, 0.5) is 5.69 Å². The van der Waals surface area contributed by atoms with Crippen LogP contribution in [0.3, 0.4) is 0 Å². The minimum absolute atomic E-state index is 0.0325. The first-order valence-corrected chi connectivity index (χ1v) is 9.52. The highest BCUT2D eigenvalue weighted by Gasteiger charge is 2.27. The van der Waals surface area contributed by atoms with Gasteiger partial charge in [0.15, 0.2) is 0 Å². The summed E-state index contributed by atoms with van der Waals surface area (Å²) in [7, 11) is 1.66. The van der Waals surface area contributed by atoms with Crippen LogP contribution < -0.4 is 9.64 Å². The molecule has 0 atom stereocenters. The van der Waals surface area contributed by atoms with Crippen LogP contribution in [0.5, 0.6) is 5.75 Å².